The highest BCUT2D eigenvalue weighted by molar-refractivity contribution is 6.03. The molecular weight excluding hydrogens is 312 g/mol. The Hall–Kier alpha value is -2.56. The monoisotopic (exact) mass is 338 g/mol. The van der Waals surface area contributed by atoms with Gasteiger partial charge in [0, 0.05) is 16.8 Å². The normalized spacial score (nSPS) is 11.9. The second-order valence-corrected chi connectivity index (χ2v) is 7.32. The van der Waals surface area contributed by atoms with Gasteiger partial charge in [-0.25, -0.2) is 9.97 Å². The molecule has 25 heavy (non-hydrogen) atoms. The summed E-state index contributed by atoms with van der Waals surface area (Å²) in [4.78, 5) is 8.83. The first kappa shape index (κ1) is 17.3. The van der Waals surface area contributed by atoms with Crippen LogP contribution in [0.3, 0.4) is 0 Å². The Labute approximate surface area is 148 Å². The number of aromatic nitrogens is 3. The topological polar surface area (TPSA) is 66.0 Å². The van der Waals surface area contributed by atoms with Crippen LogP contribution in [0, 0.1) is 6.92 Å². The number of methoxy groups -OCH3 is 1. The molecule has 0 bridgehead atoms. The van der Waals surface area contributed by atoms with Gasteiger partial charge >= 0.3 is 0 Å². The maximum absolute atomic E-state index is 6.29. The van der Waals surface area contributed by atoms with Crippen molar-refractivity contribution in [3.8, 4) is 16.9 Å². The van der Waals surface area contributed by atoms with Crippen molar-refractivity contribution < 1.29 is 4.74 Å². The number of benzene rings is 1. The largest absolute Gasteiger partial charge is 0.497 e. The van der Waals surface area contributed by atoms with Crippen LogP contribution in [0.1, 0.15) is 39.0 Å². The number of rotatable bonds is 3. The van der Waals surface area contributed by atoms with Crippen molar-refractivity contribution in [2.24, 2.45) is 0 Å². The van der Waals surface area contributed by atoms with Crippen LogP contribution >= 0.6 is 0 Å². The summed E-state index contributed by atoms with van der Waals surface area (Å²) < 4.78 is 7.65. The van der Waals surface area contributed by atoms with Crippen molar-refractivity contribution in [2.75, 3.05) is 12.8 Å². The van der Waals surface area contributed by atoms with Gasteiger partial charge in [0.1, 0.15) is 23.5 Å². The molecule has 0 radical (unpaired) electrons. The van der Waals surface area contributed by atoms with Gasteiger partial charge in [-0.05, 0) is 57.4 Å². The molecule has 2 N–H and O–H groups in total. The zero-order valence-corrected chi connectivity index (χ0v) is 15.8. The van der Waals surface area contributed by atoms with Crippen molar-refractivity contribution in [1.29, 1.82) is 0 Å². The summed E-state index contributed by atoms with van der Waals surface area (Å²) in [5.74, 6) is 1.37. The van der Waals surface area contributed by atoms with E-state index in [4.69, 9.17) is 10.5 Å². The fourth-order valence-electron chi connectivity index (χ4n) is 3.57. The van der Waals surface area contributed by atoms with Crippen molar-refractivity contribution in [3.05, 3.63) is 35.8 Å². The van der Waals surface area contributed by atoms with Crippen LogP contribution in [0.4, 0.5) is 5.82 Å². The lowest BCUT2D eigenvalue weighted by atomic mass is 9.96. The third-order valence-electron chi connectivity index (χ3n) is 4.59. The molecule has 3 rings (SSSR count). The first-order chi connectivity index (χ1) is 11.8. The first-order valence-electron chi connectivity index (χ1n) is 8.58. The van der Waals surface area contributed by atoms with E-state index in [1.807, 2.05) is 6.07 Å². The minimum Gasteiger partial charge on any atom is -0.497 e. The van der Waals surface area contributed by atoms with Gasteiger partial charge in [0.05, 0.1) is 12.5 Å². The van der Waals surface area contributed by atoms with Crippen molar-refractivity contribution in [1.82, 2.24) is 14.5 Å². The molecule has 2 heterocycles. The molecule has 0 aliphatic rings. The van der Waals surface area contributed by atoms with Crippen molar-refractivity contribution in [2.45, 2.75) is 46.6 Å². The van der Waals surface area contributed by atoms with E-state index in [1.165, 1.54) is 5.69 Å². The predicted octanol–water partition coefficient (Wildman–Crippen LogP) is 4.31. The average molecular weight is 338 g/mol. The van der Waals surface area contributed by atoms with Crippen LogP contribution in [0.5, 0.6) is 5.75 Å². The number of fused-ring (bicyclic) bond motifs is 1. The summed E-state index contributed by atoms with van der Waals surface area (Å²) in [6.45, 7) is 10.8. The Kier molecular flexibility index (Phi) is 4.19. The number of hydrogen-bond acceptors (Lipinski definition) is 4. The van der Waals surface area contributed by atoms with Gasteiger partial charge in [-0.3, -0.25) is 0 Å². The highest BCUT2D eigenvalue weighted by atomic mass is 16.5. The lowest BCUT2D eigenvalue weighted by Crippen LogP contribution is -2.24. The molecule has 1 aromatic carbocycles. The fourth-order valence-corrected chi connectivity index (χ4v) is 3.57. The van der Waals surface area contributed by atoms with Gasteiger partial charge in [0.25, 0.3) is 0 Å². The summed E-state index contributed by atoms with van der Waals surface area (Å²) >= 11 is 0. The van der Waals surface area contributed by atoms with Gasteiger partial charge in [0.15, 0.2) is 0 Å². The van der Waals surface area contributed by atoms with Gasteiger partial charge in [-0.1, -0.05) is 13.0 Å². The molecule has 0 unspecified atom stereocenters. The molecule has 0 saturated heterocycles. The number of ether oxygens (including phenoxy) is 1. The molecule has 5 nitrogen and oxygen atoms in total. The van der Waals surface area contributed by atoms with Gasteiger partial charge in [0.2, 0.25) is 0 Å². The molecule has 0 spiro atoms. The molecule has 0 saturated carbocycles. The van der Waals surface area contributed by atoms with Crippen LogP contribution in [0.2, 0.25) is 0 Å². The highest BCUT2D eigenvalue weighted by Crippen LogP contribution is 2.41. The lowest BCUT2D eigenvalue weighted by Gasteiger charge is -2.25. The Bertz CT molecular complexity index is 935. The molecule has 0 fully saturated rings. The molecule has 2 aromatic heterocycles. The molecule has 0 atom stereocenters. The number of hydrogen-bond donors (Lipinski definition) is 1. The number of nitrogens with zero attached hydrogens (tertiary/aromatic N) is 3. The van der Waals surface area contributed by atoms with E-state index in [0.717, 1.165) is 39.9 Å². The summed E-state index contributed by atoms with van der Waals surface area (Å²) in [6.07, 6.45) is 2.43. The molecular formula is C20H26N4O. The van der Waals surface area contributed by atoms with Crippen molar-refractivity contribution >= 4 is 16.9 Å². The fraction of sp³-hybridized carbons (Fsp3) is 0.400. The van der Waals surface area contributed by atoms with E-state index >= 15 is 0 Å². The quantitative estimate of drug-likeness (QED) is 0.772. The summed E-state index contributed by atoms with van der Waals surface area (Å²) in [7, 11) is 1.68. The number of aryl methyl sites for hydroxylation is 1. The molecule has 5 heteroatoms. The minimum absolute atomic E-state index is 0.108. The zero-order valence-electron chi connectivity index (χ0n) is 15.8. The second-order valence-electron chi connectivity index (χ2n) is 7.32. The minimum atomic E-state index is -0.108. The Balaban J connectivity index is 2.47. The maximum Gasteiger partial charge on any atom is 0.146 e. The van der Waals surface area contributed by atoms with E-state index < -0.39 is 0 Å². The molecule has 0 amide bonds. The molecule has 3 aromatic rings. The Morgan fingerprint density at radius 3 is 2.48 bits per heavy atom. The summed E-state index contributed by atoms with van der Waals surface area (Å²) in [6, 6.07) is 6.14. The standard InChI is InChI=1S/C20H26N4O/c1-7-15-16(14-9-8-13(25-6)10-12(14)2)17-18(21)22-11-23-19(17)24(15)20(3,4)5/h8-11H,7H2,1-6H3,(H2,21,22,23). The summed E-state index contributed by atoms with van der Waals surface area (Å²) in [5.41, 5.74) is 11.7. The van der Waals surface area contributed by atoms with E-state index in [0.29, 0.717) is 5.82 Å². The smallest absolute Gasteiger partial charge is 0.146 e. The third-order valence-corrected chi connectivity index (χ3v) is 4.59. The SMILES string of the molecule is CCc1c(-c2ccc(OC)cc2C)c2c(N)ncnc2n1C(C)(C)C. The number of anilines is 1. The van der Waals surface area contributed by atoms with E-state index in [2.05, 4.69) is 61.3 Å². The van der Waals surface area contributed by atoms with E-state index in [9.17, 15) is 0 Å². The van der Waals surface area contributed by atoms with Crippen LogP contribution in [-0.4, -0.2) is 21.6 Å². The third kappa shape index (κ3) is 2.73. The lowest BCUT2D eigenvalue weighted by molar-refractivity contribution is 0.397. The molecule has 0 aliphatic carbocycles. The predicted molar refractivity (Wildman–Crippen MR) is 103 cm³/mol. The zero-order chi connectivity index (χ0) is 18.4. The van der Waals surface area contributed by atoms with Crippen LogP contribution in [-0.2, 0) is 12.0 Å². The average Bonchev–Trinajstić information content (AvgIpc) is 2.90. The van der Waals surface area contributed by atoms with E-state index in [1.54, 1.807) is 13.4 Å². The number of nitrogens with two attached hydrogens (primary N) is 1. The van der Waals surface area contributed by atoms with Crippen LogP contribution in [0.25, 0.3) is 22.2 Å². The van der Waals surface area contributed by atoms with Gasteiger partial charge in [-0.15, -0.1) is 0 Å². The van der Waals surface area contributed by atoms with Crippen LogP contribution < -0.4 is 10.5 Å². The molecule has 0 aliphatic heterocycles. The second kappa shape index (κ2) is 6.06. The highest BCUT2D eigenvalue weighted by Gasteiger charge is 2.27. The van der Waals surface area contributed by atoms with Crippen LogP contribution in [0.15, 0.2) is 24.5 Å². The van der Waals surface area contributed by atoms with E-state index in [-0.39, 0.29) is 5.54 Å². The first-order valence-corrected chi connectivity index (χ1v) is 8.58. The number of nitrogen functional groups attached to an aromatic ring is 1. The Morgan fingerprint density at radius 2 is 1.92 bits per heavy atom. The van der Waals surface area contributed by atoms with Gasteiger partial charge in [-0.2, -0.15) is 0 Å². The maximum atomic E-state index is 6.29. The molecule has 132 valence electrons. The van der Waals surface area contributed by atoms with Crippen molar-refractivity contribution in [3.63, 3.8) is 0 Å². The summed E-state index contributed by atoms with van der Waals surface area (Å²) in [5, 5.41) is 0.933. The van der Waals surface area contributed by atoms with Gasteiger partial charge < -0.3 is 15.0 Å². The Morgan fingerprint density at radius 1 is 1.20 bits per heavy atom.